The molecule has 30 heavy (non-hydrogen) atoms. The smallest absolute Gasteiger partial charge is 0.359 e. The van der Waals surface area contributed by atoms with Crippen LogP contribution in [0.4, 0.5) is 0 Å². The minimum atomic E-state index is -0.684. The van der Waals surface area contributed by atoms with Gasteiger partial charge in [0.25, 0.3) is 5.56 Å². The van der Waals surface area contributed by atoms with Crippen LogP contribution in [0.2, 0.25) is 0 Å². The third-order valence-corrected chi connectivity index (χ3v) is 4.53. The van der Waals surface area contributed by atoms with E-state index in [4.69, 9.17) is 4.74 Å². The second kappa shape index (κ2) is 8.96. The molecule has 6 nitrogen and oxygen atoms in total. The highest BCUT2D eigenvalue weighted by atomic mass is 16.5. The molecule has 4 aromatic rings. The first-order valence-corrected chi connectivity index (χ1v) is 9.49. The van der Waals surface area contributed by atoms with Crippen LogP contribution in [0.5, 0.6) is 0 Å². The van der Waals surface area contributed by atoms with E-state index in [1.165, 1.54) is 16.8 Å². The summed E-state index contributed by atoms with van der Waals surface area (Å²) in [6, 6.07) is 27.0. The number of hydrogen-bond acceptors (Lipinski definition) is 5. The molecule has 0 saturated carbocycles. The van der Waals surface area contributed by atoms with E-state index in [0.717, 1.165) is 11.1 Å². The first kappa shape index (κ1) is 19.3. The number of nitrogens with zero attached hydrogens (tertiary/aromatic N) is 3. The maximum Gasteiger partial charge on any atom is 0.359 e. The molecule has 0 amide bonds. The van der Waals surface area contributed by atoms with Crippen molar-refractivity contribution in [2.24, 2.45) is 0 Å². The number of aromatic nitrogens is 3. The monoisotopic (exact) mass is 397 g/mol. The Labute approximate surface area is 173 Å². The summed E-state index contributed by atoms with van der Waals surface area (Å²) in [5, 5.41) is 4.22. The lowest BCUT2D eigenvalue weighted by Gasteiger charge is -2.18. The van der Waals surface area contributed by atoms with Gasteiger partial charge in [0.15, 0.2) is 11.8 Å². The van der Waals surface area contributed by atoms with Crippen molar-refractivity contribution in [2.45, 2.75) is 12.6 Å². The predicted octanol–water partition coefficient (Wildman–Crippen LogP) is 3.63. The van der Waals surface area contributed by atoms with Crippen molar-refractivity contribution >= 4 is 5.97 Å². The molecular formula is C24H19N3O3. The molecule has 0 fully saturated rings. The van der Waals surface area contributed by atoms with Crippen molar-refractivity contribution in [3.05, 3.63) is 130 Å². The number of rotatable bonds is 6. The molecule has 2 heterocycles. The molecule has 2 aromatic carbocycles. The minimum absolute atomic E-state index is 0.0578. The van der Waals surface area contributed by atoms with Crippen LogP contribution in [-0.4, -0.2) is 20.7 Å². The van der Waals surface area contributed by atoms with Gasteiger partial charge < -0.3 is 4.74 Å². The topological polar surface area (TPSA) is 74.1 Å². The molecule has 148 valence electrons. The summed E-state index contributed by atoms with van der Waals surface area (Å²) in [4.78, 5) is 29.4. The average molecular weight is 397 g/mol. The lowest BCUT2D eigenvalue weighted by Crippen LogP contribution is -2.26. The fourth-order valence-electron chi connectivity index (χ4n) is 3.05. The van der Waals surface area contributed by atoms with Crippen molar-refractivity contribution in [1.29, 1.82) is 0 Å². The van der Waals surface area contributed by atoms with Gasteiger partial charge in [0.05, 0.1) is 12.2 Å². The van der Waals surface area contributed by atoms with Gasteiger partial charge in [-0.05, 0) is 29.3 Å². The quantitative estimate of drug-likeness (QED) is 0.465. The molecule has 2 aromatic heterocycles. The van der Waals surface area contributed by atoms with Crippen LogP contribution in [0.15, 0.2) is 102 Å². The summed E-state index contributed by atoms with van der Waals surface area (Å²) in [6.07, 6.45) is 0.966. The van der Waals surface area contributed by atoms with Gasteiger partial charge in [-0.2, -0.15) is 5.10 Å². The van der Waals surface area contributed by atoms with E-state index in [1.54, 1.807) is 18.3 Å². The lowest BCUT2D eigenvalue weighted by atomic mass is 10.1. The Morgan fingerprint density at radius 2 is 1.57 bits per heavy atom. The van der Waals surface area contributed by atoms with E-state index in [2.05, 4.69) is 10.1 Å². The van der Waals surface area contributed by atoms with E-state index in [9.17, 15) is 9.59 Å². The normalized spacial score (nSPS) is 11.6. The summed E-state index contributed by atoms with van der Waals surface area (Å²) >= 11 is 0. The van der Waals surface area contributed by atoms with Gasteiger partial charge in [-0.3, -0.25) is 9.78 Å². The van der Waals surface area contributed by atoms with Crippen LogP contribution in [-0.2, 0) is 11.3 Å². The fraction of sp³-hybridized carbons (Fsp3) is 0.0833. The van der Waals surface area contributed by atoms with Gasteiger partial charge >= 0.3 is 5.97 Å². The van der Waals surface area contributed by atoms with Crippen LogP contribution >= 0.6 is 0 Å². The number of benzene rings is 2. The molecule has 0 spiro atoms. The van der Waals surface area contributed by atoms with Crippen LogP contribution in [0, 0.1) is 0 Å². The summed E-state index contributed by atoms with van der Waals surface area (Å²) in [7, 11) is 0. The molecule has 0 saturated heterocycles. The SMILES string of the molecule is O=C(OC(c1ccccc1)c1ccccn1)c1ccc(=O)n(Cc2ccccc2)n1. The highest BCUT2D eigenvalue weighted by molar-refractivity contribution is 5.87. The van der Waals surface area contributed by atoms with Gasteiger partial charge in [-0.25, -0.2) is 9.48 Å². The summed E-state index contributed by atoms with van der Waals surface area (Å²) < 4.78 is 7.03. The molecule has 0 radical (unpaired) electrons. The average Bonchev–Trinajstić information content (AvgIpc) is 2.80. The maximum atomic E-state index is 12.9. The van der Waals surface area contributed by atoms with Crippen molar-refractivity contribution < 1.29 is 9.53 Å². The highest BCUT2D eigenvalue weighted by Crippen LogP contribution is 2.25. The van der Waals surface area contributed by atoms with E-state index < -0.39 is 12.1 Å². The van der Waals surface area contributed by atoms with Crippen molar-refractivity contribution in [2.75, 3.05) is 0 Å². The Kier molecular flexibility index (Phi) is 5.75. The van der Waals surface area contributed by atoms with E-state index in [0.29, 0.717) is 5.69 Å². The van der Waals surface area contributed by atoms with E-state index in [1.807, 2.05) is 66.7 Å². The Bertz CT molecular complexity index is 1140. The zero-order valence-electron chi connectivity index (χ0n) is 16.1. The largest absolute Gasteiger partial charge is 0.446 e. The Morgan fingerprint density at radius 3 is 2.27 bits per heavy atom. The minimum Gasteiger partial charge on any atom is -0.446 e. The number of esters is 1. The molecule has 0 N–H and O–H groups in total. The molecule has 0 bridgehead atoms. The van der Waals surface area contributed by atoms with Crippen LogP contribution < -0.4 is 5.56 Å². The summed E-state index contributed by atoms with van der Waals surface area (Å²) in [5.74, 6) is -0.628. The molecule has 0 aliphatic rings. The number of hydrogen-bond donors (Lipinski definition) is 0. The number of carbonyl (C=O) groups is 1. The Morgan fingerprint density at radius 1 is 0.867 bits per heavy atom. The Balaban J connectivity index is 1.61. The zero-order valence-corrected chi connectivity index (χ0v) is 16.1. The second-order valence-electron chi connectivity index (χ2n) is 6.65. The van der Waals surface area contributed by atoms with Crippen molar-refractivity contribution in [3.8, 4) is 0 Å². The maximum absolute atomic E-state index is 12.9. The van der Waals surface area contributed by atoms with E-state index in [-0.39, 0.29) is 17.8 Å². The van der Waals surface area contributed by atoms with Gasteiger partial charge in [0, 0.05) is 12.3 Å². The van der Waals surface area contributed by atoms with Crippen molar-refractivity contribution in [1.82, 2.24) is 14.8 Å². The fourth-order valence-corrected chi connectivity index (χ4v) is 3.05. The standard InChI is InChI=1S/C24H19N3O3/c28-22-15-14-21(26-27(22)17-18-9-3-1-4-10-18)24(29)30-23(19-11-5-2-6-12-19)20-13-7-8-16-25-20/h1-16,23H,17H2. The first-order valence-electron chi connectivity index (χ1n) is 9.49. The number of pyridine rings is 1. The van der Waals surface area contributed by atoms with Crippen LogP contribution in [0.3, 0.4) is 0 Å². The lowest BCUT2D eigenvalue weighted by molar-refractivity contribution is 0.0360. The van der Waals surface area contributed by atoms with Crippen LogP contribution in [0.1, 0.15) is 33.4 Å². The molecule has 6 heteroatoms. The molecule has 0 aliphatic heterocycles. The van der Waals surface area contributed by atoms with Crippen LogP contribution in [0.25, 0.3) is 0 Å². The molecular weight excluding hydrogens is 378 g/mol. The first-order chi connectivity index (χ1) is 14.7. The third-order valence-electron chi connectivity index (χ3n) is 4.53. The van der Waals surface area contributed by atoms with Gasteiger partial charge in [0.2, 0.25) is 0 Å². The Hall–Kier alpha value is -4.06. The zero-order chi connectivity index (χ0) is 20.8. The van der Waals surface area contributed by atoms with Gasteiger partial charge in [0.1, 0.15) is 0 Å². The molecule has 1 atom stereocenters. The molecule has 1 unspecified atom stereocenters. The highest BCUT2D eigenvalue weighted by Gasteiger charge is 2.22. The summed E-state index contributed by atoms with van der Waals surface area (Å²) in [5.41, 5.74) is 2.08. The van der Waals surface area contributed by atoms with Crippen molar-refractivity contribution in [3.63, 3.8) is 0 Å². The molecule has 0 aliphatic carbocycles. The van der Waals surface area contributed by atoms with Gasteiger partial charge in [-0.1, -0.05) is 66.7 Å². The number of carbonyl (C=O) groups excluding carboxylic acids is 1. The predicted molar refractivity (Wildman–Crippen MR) is 112 cm³/mol. The second-order valence-corrected chi connectivity index (χ2v) is 6.65. The third kappa shape index (κ3) is 4.50. The van der Waals surface area contributed by atoms with E-state index >= 15 is 0 Å². The number of ether oxygens (including phenoxy) is 1. The summed E-state index contributed by atoms with van der Waals surface area (Å²) in [6.45, 7) is 0.267. The van der Waals surface area contributed by atoms with Gasteiger partial charge in [-0.15, -0.1) is 0 Å². The molecule has 4 rings (SSSR count).